The van der Waals surface area contributed by atoms with Crippen molar-refractivity contribution in [2.45, 2.75) is 53.2 Å². The van der Waals surface area contributed by atoms with E-state index in [0.29, 0.717) is 13.0 Å². The molecule has 0 radical (unpaired) electrons. The summed E-state index contributed by atoms with van der Waals surface area (Å²) in [4.78, 5) is 4.38. The van der Waals surface area contributed by atoms with E-state index in [9.17, 15) is 5.11 Å². The summed E-state index contributed by atoms with van der Waals surface area (Å²) >= 11 is 1.60. The molecule has 0 aromatic carbocycles. The Hall–Kier alpha value is -0.450. The quantitative estimate of drug-likeness (QED) is 0.882. The first-order valence-electron chi connectivity index (χ1n) is 6.05. The summed E-state index contributed by atoms with van der Waals surface area (Å²) in [6.45, 7) is 10.8. The highest BCUT2D eigenvalue weighted by molar-refractivity contribution is 7.09. The Bertz CT molecular complexity index is 343. The van der Waals surface area contributed by atoms with E-state index < -0.39 is 6.10 Å². The maximum atomic E-state index is 10.3. The van der Waals surface area contributed by atoms with E-state index in [1.165, 1.54) is 0 Å². The third-order valence-corrected chi connectivity index (χ3v) is 3.59. The first-order valence-corrected chi connectivity index (χ1v) is 6.93. The van der Waals surface area contributed by atoms with Crippen molar-refractivity contribution in [2.75, 3.05) is 6.61 Å². The fourth-order valence-corrected chi connectivity index (χ4v) is 2.72. The molecule has 17 heavy (non-hydrogen) atoms. The third kappa shape index (κ3) is 4.37. The summed E-state index contributed by atoms with van der Waals surface area (Å²) in [5, 5.41) is 13.3. The first-order chi connectivity index (χ1) is 7.84. The van der Waals surface area contributed by atoms with E-state index in [0.717, 1.165) is 10.7 Å². The van der Waals surface area contributed by atoms with Gasteiger partial charge in [0.2, 0.25) is 0 Å². The molecule has 98 valence electrons. The van der Waals surface area contributed by atoms with E-state index in [-0.39, 0.29) is 11.5 Å². The van der Waals surface area contributed by atoms with Crippen molar-refractivity contribution >= 4 is 11.3 Å². The highest BCUT2D eigenvalue weighted by atomic mass is 32.1. The Balaban J connectivity index is 2.68. The van der Waals surface area contributed by atoms with Crippen molar-refractivity contribution in [3.63, 3.8) is 0 Å². The maximum absolute atomic E-state index is 10.3. The van der Waals surface area contributed by atoms with Crippen molar-refractivity contribution in [3.8, 4) is 0 Å². The molecule has 1 N–H and O–H groups in total. The normalized spacial score (nSPS) is 15.9. The van der Waals surface area contributed by atoms with Crippen LogP contribution in [0.1, 0.15) is 38.4 Å². The number of hydrogen-bond donors (Lipinski definition) is 1. The lowest BCUT2D eigenvalue weighted by Gasteiger charge is -2.33. The van der Waals surface area contributed by atoms with Gasteiger partial charge in [0.25, 0.3) is 0 Å². The number of ether oxygens (including phenoxy) is 1. The van der Waals surface area contributed by atoms with Gasteiger partial charge in [-0.15, -0.1) is 11.3 Å². The van der Waals surface area contributed by atoms with Crippen LogP contribution in [0.15, 0.2) is 5.38 Å². The predicted molar refractivity (Wildman–Crippen MR) is 71.4 cm³/mol. The van der Waals surface area contributed by atoms with Crippen LogP contribution in [-0.4, -0.2) is 28.9 Å². The smallest absolute Gasteiger partial charge is 0.0954 e. The second kappa shape index (κ2) is 5.94. The predicted octanol–water partition coefficient (Wildman–Crippen LogP) is 2.81. The number of aryl methyl sites for hydroxylation is 1. The van der Waals surface area contributed by atoms with Gasteiger partial charge in [-0.05, 0) is 19.3 Å². The molecule has 0 fully saturated rings. The molecule has 0 saturated heterocycles. The molecule has 1 heterocycles. The lowest BCUT2D eigenvalue weighted by Crippen LogP contribution is -2.41. The highest BCUT2D eigenvalue weighted by Crippen LogP contribution is 2.27. The molecule has 1 rings (SSSR count). The summed E-state index contributed by atoms with van der Waals surface area (Å²) in [6.07, 6.45) is -0.0855. The van der Waals surface area contributed by atoms with Crippen LogP contribution in [0, 0.1) is 12.3 Å². The molecule has 2 atom stereocenters. The largest absolute Gasteiger partial charge is 0.390 e. The Labute approximate surface area is 108 Å². The van der Waals surface area contributed by atoms with Crippen LogP contribution >= 0.6 is 11.3 Å². The SMILES string of the molecule is CCOC(C(O)Cc1nc(C)cs1)C(C)(C)C. The summed E-state index contributed by atoms with van der Waals surface area (Å²) in [7, 11) is 0. The van der Waals surface area contributed by atoms with Crippen molar-refractivity contribution in [1.29, 1.82) is 0 Å². The molecule has 1 aromatic rings. The van der Waals surface area contributed by atoms with Gasteiger partial charge in [0.15, 0.2) is 0 Å². The molecule has 2 unspecified atom stereocenters. The molecule has 0 aliphatic heterocycles. The van der Waals surface area contributed by atoms with Crippen LogP contribution in [-0.2, 0) is 11.2 Å². The minimum absolute atomic E-state index is 0.0677. The maximum Gasteiger partial charge on any atom is 0.0954 e. The Morgan fingerprint density at radius 1 is 1.47 bits per heavy atom. The third-order valence-electron chi connectivity index (χ3n) is 2.60. The number of aliphatic hydroxyl groups is 1. The van der Waals surface area contributed by atoms with Gasteiger partial charge in [-0.25, -0.2) is 4.98 Å². The zero-order valence-electron chi connectivity index (χ0n) is 11.4. The molecule has 1 aromatic heterocycles. The Kier molecular flexibility index (Phi) is 5.10. The van der Waals surface area contributed by atoms with Crippen LogP contribution in [0.3, 0.4) is 0 Å². The van der Waals surface area contributed by atoms with E-state index in [2.05, 4.69) is 25.8 Å². The van der Waals surface area contributed by atoms with Crippen LogP contribution in [0.5, 0.6) is 0 Å². The molecule has 0 aliphatic carbocycles. The molecule has 0 bridgehead atoms. The summed E-state index contributed by atoms with van der Waals surface area (Å²) in [5.41, 5.74) is 0.947. The first kappa shape index (κ1) is 14.6. The Morgan fingerprint density at radius 2 is 2.12 bits per heavy atom. The van der Waals surface area contributed by atoms with Crippen LogP contribution in [0.2, 0.25) is 0 Å². The van der Waals surface area contributed by atoms with Gasteiger partial charge in [0.05, 0.1) is 17.2 Å². The lowest BCUT2D eigenvalue weighted by molar-refractivity contribution is -0.0873. The number of aromatic nitrogens is 1. The zero-order chi connectivity index (χ0) is 13.1. The van der Waals surface area contributed by atoms with Gasteiger partial charge in [-0.1, -0.05) is 20.8 Å². The average Bonchev–Trinajstić information content (AvgIpc) is 2.58. The fourth-order valence-electron chi connectivity index (χ4n) is 1.90. The molecule has 0 aliphatic rings. The van der Waals surface area contributed by atoms with Gasteiger partial charge >= 0.3 is 0 Å². The van der Waals surface area contributed by atoms with Crippen LogP contribution in [0.4, 0.5) is 0 Å². The molecule has 3 nitrogen and oxygen atoms in total. The monoisotopic (exact) mass is 257 g/mol. The second-order valence-electron chi connectivity index (χ2n) is 5.40. The fraction of sp³-hybridized carbons (Fsp3) is 0.769. The number of rotatable bonds is 5. The van der Waals surface area contributed by atoms with E-state index in [4.69, 9.17) is 4.74 Å². The minimum atomic E-state index is -0.500. The van der Waals surface area contributed by atoms with Crippen molar-refractivity contribution in [2.24, 2.45) is 5.41 Å². The Morgan fingerprint density at radius 3 is 2.53 bits per heavy atom. The highest BCUT2D eigenvalue weighted by Gasteiger charge is 2.32. The van der Waals surface area contributed by atoms with Crippen LogP contribution < -0.4 is 0 Å². The summed E-state index contributed by atoms with van der Waals surface area (Å²) in [5.74, 6) is 0. The van der Waals surface area contributed by atoms with Gasteiger partial charge in [-0.2, -0.15) is 0 Å². The summed E-state index contributed by atoms with van der Waals surface area (Å²) < 4.78 is 5.67. The number of nitrogens with zero attached hydrogens (tertiary/aromatic N) is 1. The van der Waals surface area contributed by atoms with Gasteiger partial charge < -0.3 is 9.84 Å². The molecular formula is C13H23NO2S. The second-order valence-corrected chi connectivity index (χ2v) is 6.34. The van der Waals surface area contributed by atoms with E-state index in [1.807, 2.05) is 19.2 Å². The standard InChI is InChI=1S/C13H23NO2S/c1-6-16-12(13(3,4)5)10(15)7-11-14-9(2)8-17-11/h8,10,12,15H,6-7H2,1-5H3. The zero-order valence-corrected chi connectivity index (χ0v) is 12.2. The topological polar surface area (TPSA) is 42.4 Å². The average molecular weight is 257 g/mol. The number of thiazole rings is 1. The van der Waals surface area contributed by atoms with E-state index >= 15 is 0 Å². The molecule has 4 heteroatoms. The summed E-state index contributed by atoms with van der Waals surface area (Å²) in [6, 6.07) is 0. The van der Waals surface area contributed by atoms with Gasteiger partial charge in [-0.3, -0.25) is 0 Å². The van der Waals surface area contributed by atoms with Gasteiger partial charge in [0, 0.05) is 24.1 Å². The van der Waals surface area contributed by atoms with E-state index in [1.54, 1.807) is 11.3 Å². The molecular weight excluding hydrogens is 234 g/mol. The van der Waals surface area contributed by atoms with Crippen molar-refractivity contribution < 1.29 is 9.84 Å². The number of hydrogen-bond acceptors (Lipinski definition) is 4. The molecule has 0 saturated carbocycles. The number of aliphatic hydroxyl groups excluding tert-OH is 1. The molecule has 0 amide bonds. The van der Waals surface area contributed by atoms with Gasteiger partial charge in [0.1, 0.15) is 0 Å². The lowest BCUT2D eigenvalue weighted by atomic mass is 9.84. The van der Waals surface area contributed by atoms with Crippen molar-refractivity contribution in [1.82, 2.24) is 4.98 Å². The van der Waals surface area contributed by atoms with Crippen molar-refractivity contribution in [3.05, 3.63) is 16.1 Å². The minimum Gasteiger partial charge on any atom is -0.390 e. The molecule has 0 spiro atoms. The van der Waals surface area contributed by atoms with Crippen LogP contribution in [0.25, 0.3) is 0 Å².